The summed E-state index contributed by atoms with van der Waals surface area (Å²) in [6.07, 6.45) is 3.35. The van der Waals surface area contributed by atoms with Crippen LogP contribution in [0.4, 0.5) is 0 Å². The van der Waals surface area contributed by atoms with E-state index in [-0.39, 0.29) is 1.43 Å². The van der Waals surface area contributed by atoms with Crippen LogP contribution < -0.4 is 10.1 Å². The molecule has 3 nitrogen and oxygen atoms in total. The van der Waals surface area contributed by atoms with Crippen molar-refractivity contribution in [2.45, 2.75) is 27.3 Å². The Balaban J connectivity index is 0. The summed E-state index contributed by atoms with van der Waals surface area (Å²) < 4.78 is 5.20. The largest absolute Gasteiger partial charge is 0.497 e. The van der Waals surface area contributed by atoms with Crippen LogP contribution in [0.15, 0.2) is 47.7 Å². The first kappa shape index (κ1) is 17.0. The van der Waals surface area contributed by atoms with E-state index in [1.165, 1.54) is 11.1 Å². The first-order valence-corrected chi connectivity index (χ1v) is 6.37. The van der Waals surface area contributed by atoms with Crippen LogP contribution in [0.1, 0.15) is 26.4 Å². The lowest BCUT2D eigenvalue weighted by atomic mass is 10.1. The van der Waals surface area contributed by atoms with Crippen molar-refractivity contribution in [2.24, 2.45) is 4.99 Å². The molecular formula is C16H26N2O. The Morgan fingerprint density at radius 2 is 2.16 bits per heavy atom. The van der Waals surface area contributed by atoms with Gasteiger partial charge in [-0.05, 0) is 43.0 Å². The molecule has 0 aliphatic carbocycles. The summed E-state index contributed by atoms with van der Waals surface area (Å²) in [6.45, 7) is 13.9. The summed E-state index contributed by atoms with van der Waals surface area (Å²) in [5, 5.41) is 3.23. The average Bonchev–Trinajstić information content (AvgIpc) is 2.47. The molecule has 0 fully saturated rings. The molecule has 1 aromatic carbocycles. The van der Waals surface area contributed by atoms with Crippen LogP contribution in [0.2, 0.25) is 0 Å². The predicted octanol–water partition coefficient (Wildman–Crippen LogP) is 4.09. The van der Waals surface area contributed by atoms with E-state index < -0.39 is 0 Å². The molecule has 0 amide bonds. The number of rotatable bonds is 6. The molecule has 0 heterocycles. The van der Waals surface area contributed by atoms with Crippen molar-refractivity contribution in [2.75, 3.05) is 7.11 Å². The Hall–Kier alpha value is -2.03. The number of hydrogen-bond acceptors (Lipinski definition) is 3. The molecule has 19 heavy (non-hydrogen) atoms. The van der Waals surface area contributed by atoms with Gasteiger partial charge >= 0.3 is 0 Å². The van der Waals surface area contributed by atoms with Crippen molar-refractivity contribution in [3.8, 4) is 5.75 Å². The van der Waals surface area contributed by atoms with Gasteiger partial charge in [-0.25, -0.2) is 0 Å². The summed E-state index contributed by atoms with van der Waals surface area (Å²) in [5.41, 5.74) is 3.25. The summed E-state index contributed by atoms with van der Waals surface area (Å²) in [4.78, 5) is 3.70. The fourth-order valence-corrected chi connectivity index (χ4v) is 1.43. The Bertz CT molecular complexity index is 442. The van der Waals surface area contributed by atoms with Gasteiger partial charge < -0.3 is 10.1 Å². The number of methoxy groups -OCH3 is 1. The number of hydrogen-bond donors (Lipinski definition) is 1. The molecule has 3 heteroatoms. The fourth-order valence-electron chi connectivity index (χ4n) is 1.43. The molecule has 0 bridgehead atoms. The third kappa shape index (κ3) is 5.91. The fraction of sp³-hybridized carbons (Fsp3) is 0.312. The van der Waals surface area contributed by atoms with E-state index in [0.717, 1.165) is 11.4 Å². The van der Waals surface area contributed by atoms with Crippen LogP contribution in [0.3, 0.4) is 0 Å². The Morgan fingerprint density at radius 1 is 1.47 bits per heavy atom. The maximum Gasteiger partial charge on any atom is 0.119 e. The van der Waals surface area contributed by atoms with Crippen molar-refractivity contribution in [1.82, 2.24) is 5.32 Å². The van der Waals surface area contributed by atoms with E-state index in [9.17, 15) is 0 Å². The second-order valence-corrected chi connectivity index (χ2v) is 3.62. The van der Waals surface area contributed by atoms with Gasteiger partial charge in [0.05, 0.1) is 12.8 Å². The third-order valence-electron chi connectivity index (χ3n) is 2.49. The molecule has 0 saturated heterocycles. The zero-order valence-electron chi connectivity index (χ0n) is 12.4. The average molecular weight is 262 g/mol. The van der Waals surface area contributed by atoms with E-state index in [1.54, 1.807) is 19.4 Å². The smallest absolute Gasteiger partial charge is 0.119 e. The Morgan fingerprint density at radius 3 is 2.68 bits per heavy atom. The van der Waals surface area contributed by atoms with Gasteiger partial charge in [0.2, 0.25) is 0 Å². The van der Waals surface area contributed by atoms with Gasteiger partial charge in [0, 0.05) is 14.2 Å². The molecule has 1 rings (SSSR count). The van der Waals surface area contributed by atoms with E-state index in [1.807, 2.05) is 32.0 Å². The molecule has 0 saturated carbocycles. The minimum atomic E-state index is 0. The van der Waals surface area contributed by atoms with Crippen molar-refractivity contribution < 1.29 is 6.16 Å². The second-order valence-electron chi connectivity index (χ2n) is 3.62. The molecule has 106 valence electrons. The van der Waals surface area contributed by atoms with Crippen LogP contribution in [-0.2, 0) is 6.54 Å². The van der Waals surface area contributed by atoms with Crippen LogP contribution >= 0.6 is 0 Å². The topological polar surface area (TPSA) is 33.6 Å². The first-order valence-electron chi connectivity index (χ1n) is 6.37. The normalized spacial score (nSPS) is 10.0. The quantitative estimate of drug-likeness (QED) is 0.618. The van der Waals surface area contributed by atoms with Crippen molar-refractivity contribution in [3.63, 3.8) is 0 Å². The predicted molar refractivity (Wildman–Crippen MR) is 85.9 cm³/mol. The highest BCUT2D eigenvalue weighted by molar-refractivity contribution is 5.35. The molecule has 0 radical (unpaired) electrons. The second kappa shape index (κ2) is 9.95. The molecule has 0 atom stereocenters. The van der Waals surface area contributed by atoms with E-state index in [0.29, 0.717) is 6.54 Å². The summed E-state index contributed by atoms with van der Waals surface area (Å²) in [7, 11) is 1.67. The minimum Gasteiger partial charge on any atom is -0.497 e. The highest BCUT2D eigenvalue weighted by atomic mass is 16.5. The molecule has 0 aromatic heterocycles. The van der Waals surface area contributed by atoms with Gasteiger partial charge in [-0.2, -0.15) is 0 Å². The number of nitrogens with one attached hydrogen (secondary N) is 1. The molecule has 1 N–H and O–H groups in total. The van der Waals surface area contributed by atoms with Gasteiger partial charge in [-0.1, -0.05) is 26.5 Å². The highest BCUT2D eigenvalue weighted by Gasteiger charge is 2.01. The lowest BCUT2D eigenvalue weighted by Gasteiger charge is -2.10. The maximum absolute atomic E-state index is 5.20. The first-order chi connectivity index (χ1) is 9.21. The lowest BCUT2D eigenvalue weighted by Crippen LogP contribution is -2.12. The summed E-state index contributed by atoms with van der Waals surface area (Å²) in [6, 6.07) is 6.01. The van der Waals surface area contributed by atoms with Gasteiger partial charge in [0.1, 0.15) is 5.75 Å². The van der Waals surface area contributed by atoms with Crippen LogP contribution in [0.25, 0.3) is 0 Å². The van der Waals surface area contributed by atoms with Crippen molar-refractivity contribution in [1.29, 1.82) is 0 Å². The number of nitrogens with zero attached hydrogens (tertiary/aromatic N) is 1. The van der Waals surface area contributed by atoms with Crippen molar-refractivity contribution >= 4 is 6.72 Å². The molecule has 0 unspecified atom stereocenters. The lowest BCUT2D eigenvalue weighted by molar-refractivity contribution is 0.414. The monoisotopic (exact) mass is 262 g/mol. The zero-order valence-corrected chi connectivity index (χ0v) is 12.4. The van der Waals surface area contributed by atoms with Gasteiger partial charge in [0.15, 0.2) is 0 Å². The highest BCUT2D eigenvalue weighted by Crippen LogP contribution is 2.17. The van der Waals surface area contributed by atoms with Gasteiger partial charge in [-0.3, -0.25) is 4.99 Å². The van der Waals surface area contributed by atoms with Crippen LogP contribution in [-0.4, -0.2) is 13.8 Å². The number of ether oxygens (including phenoxy) is 1. The van der Waals surface area contributed by atoms with Gasteiger partial charge in [-0.15, -0.1) is 0 Å². The molecule has 0 spiro atoms. The zero-order chi connectivity index (χ0) is 14.7. The maximum atomic E-state index is 5.20. The Kier molecular flexibility index (Phi) is 8.88. The molecule has 0 aliphatic heterocycles. The van der Waals surface area contributed by atoms with E-state index in [4.69, 9.17) is 4.74 Å². The minimum absolute atomic E-state index is 0. The molecular weight excluding hydrogens is 236 g/mol. The van der Waals surface area contributed by atoms with E-state index >= 15 is 0 Å². The molecule has 0 aliphatic rings. The summed E-state index contributed by atoms with van der Waals surface area (Å²) in [5.74, 6) is 0.860. The number of aliphatic imine (C=N–C) groups is 1. The SMILES string of the molecule is C=C/C(=C\N=C)NCc1cc(OC)ccc1C.CC.[HH]. The third-order valence-corrected chi connectivity index (χ3v) is 2.49. The number of allylic oxidation sites excluding steroid dienone is 1. The Labute approximate surface area is 118 Å². The number of benzene rings is 1. The van der Waals surface area contributed by atoms with Gasteiger partial charge in [0.25, 0.3) is 0 Å². The van der Waals surface area contributed by atoms with Crippen LogP contribution in [0.5, 0.6) is 5.75 Å². The standard InChI is InChI=1S/C14H18N2O.C2H6.H2/c1-5-13(10-15-3)16-9-12-8-14(17-4)7-6-11(12)2;1-2;/h5-8,10,16H,1,3,9H2,2,4H3;1-2H3;1H/b13-10+;;. The summed E-state index contributed by atoms with van der Waals surface area (Å²) >= 11 is 0. The van der Waals surface area contributed by atoms with E-state index in [2.05, 4.69) is 30.5 Å². The molecule has 1 aromatic rings. The van der Waals surface area contributed by atoms with Crippen LogP contribution in [0, 0.1) is 6.92 Å². The van der Waals surface area contributed by atoms with Crippen molar-refractivity contribution in [3.05, 3.63) is 53.9 Å². The number of aryl methyl sites for hydroxylation is 1.